The summed E-state index contributed by atoms with van der Waals surface area (Å²) >= 11 is 0. The van der Waals surface area contributed by atoms with Gasteiger partial charge in [-0.25, -0.2) is 0 Å². The minimum absolute atomic E-state index is 0.0869. The standard InChI is InChI=1S/C23H27NO6/c1-6-29-22-13-16(8-11-21(22)30-15-23(26)24(2)3)7-10-19(25)18-14-17(27-4)9-12-20(18)28-5/h7-14H,6,15H2,1-5H3/b10-7+. The highest BCUT2D eigenvalue weighted by atomic mass is 16.5. The number of benzene rings is 2. The van der Waals surface area contributed by atoms with E-state index in [2.05, 4.69) is 0 Å². The normalized spacial score (nSPS) is 10.6. The molecule has 1 amide bonds. The van der Waals surface area contributed by atoms with E-state index in [0.29, 0.717) is 35.2 Å². The molecule has 160 valence electrons. The lowest BCUT2D eigenvalue weighted by molar-refractivity contribution is -0.130. The third-order valence-corrected chi connectivity index (χ3v) is 4.22. The van der Waals surface area contributed by atoms with Crippen molar-refractivity contribution in [2.75, 3.05) is 41.5 Å². The number of amides is 1. The Labute approximate surface area is 176 Å². The van der Waals surface area contributed by atoms with Crippen LogP contribution < -0.4 is 18.9 Å². The molecule has 30 heavy (non-hydrogen) atoms. The van der Waals surface area contributed by atoms with Gasteiger partial charge in [0.15, 0.2) is 23.9 Å². The van der Waals surface area contributed by atoms with Crippen LogP contribution in [0.1, 0.15) is 22.8 Å². The molecule has 0 aliphatic heterocycles. The fourth-order valence-electron chi connectivity index (χ4n) is 2.55. The van der Waals surface area contributed by atoms with Crippen molar-refractivity contribution in [1.29, 1.82) is 0 Å². The summed E-state index contributed by atoms with van der Waals surface area (Å²) in [6.45, 7) is 2.21. The van der Waals surface area contributed by atoms with E-state index < -0.39 is 0 Å². The lowest BCUT2D eigenvalue weighted by Gasteiger charge is -2.14. The Morgan fingerprint density at radius 1 is 0.933 bits per heavy atom. The van der Waals surface area contributed by atoms with Crippen LogP contribution in [0.5, 0.6) is 23.0 Å². The van der Waals surface area contributed by atoms with Crippen LogP contribution >= 0.6 is 0 Å². The number of hydrogen-bond acceptors (Lipinski definition) is 6. The second kappa shape index (κ2) is 10.9. The van der Waals surface area contributed by atoms with E-state index in [1.165, 1.54) is 25.2 Å². The van der Waals surface area contributed by atoms with Crippen molar-refractivity contribution in [1.82, 2.24) is 4.90 Å². The van der Waals surface area contributed by atoms with Crippen molar-refractivity contribution in [2.24, 2.45) is 0 Å². The lowest BCUT2D eigenvalue weighted by Crippen LogP contribution is -2.27. The molecule has 0 heterocycles. The molecule has 0 fully saturated rings. The third-order valence-electron chi connectivity index (χ3n) is 4.22. The minimum atomic E-state index is -0.222. The minimum Gasteiger partial charge on any atom is -0.497 e. The summed E-state index contributed by atoms with van der Waals surface area (Å²) in [6.07, 6.45) is 3.14. The summed E-state index contributed by atoms with van der Waals surface area (Å²) in [6, 6.07) is 10.3. The number of rotatable bonds is 10. The molecule has 2 aromatic carbocycles. The van der Waals surface area contributed by atoms with Crippen LogP contribution in [0, 0.1) is 0 Å². The van der Waals surface area contributed by atoms with Gasteiger partial charge in [0.25, 0.3) is 5.91 Å². The van der Waals surface area contributed by atoms with Crippen LogP contribution in [0.25, 0.3) is 6.08 Å². The van der Waals surface area contributed by atoms with Gasteiger partial charge >= 0.3 is 0 Å². The number of likely N-dealkylation sites (N-methyl/N-ethyl adjacent to an activating group) is 1. The predicted octanol–water partition coefficient (Wildman–Crippen LogP) is 3.47. The summed E-state index contributed by atoms with van der Waals surface area (Å²) in [4.78, 5) is 25.9. The van der Waals surface area contributed by atoms with Crippen molar-refractivity contribution in [2.45, 2.75) is 6.92 Å². The first-order chi connectivity index (χ1) is 14.4. The van der Waals surface area contributed by atoms with Gasteiger partial charge in [-0.1, -0.05) is 12.1 Å². The molecule has 0 saturated heterocycles. The van der Waals surface area contributed by atoms with E-state index >= 15 is 0 Å². The first-order valence-electron chi connectivity index (χ1n) is 9.43. The van der Waals surface area contributed by atoms with Gasteiger partial charge in [0.1, 0.15) is 11.5 Å². The topological polar surface area (TPSA) is 74.3 Å². The number of nitrogens with zero attached hydrogens (tertiary/aromatic N) is 1. The van der Waals surface area contributed by atoms with Crippen molar-refractivity contribution in [3.8, 4) is 23.0 Å². The molecule has 0 bridgehead atoms. The average Bonchev–Trinajstić information content (AvgIpc) is 2.76. The van der Waals surface area contributed by atoms with Crippen LogP contribution in [-0.2, 0) is 4.79 Å². The van der Waals surface area contributed by atoms with Gasteiger partial charge in [0.05, 0.1) is 26.4 Å². The second-order valence-electron chi connectivity index (χ2n) is 6.48. The Balaban J connectivity index is 2.21. The number of carbonyl (C=O) groups excluding carboxylic acids is 2. The van der Waals surface area contributed by atoms with Crippen LogP contribution in [0.4, 0.5) is 0 Å². The predicted molar refractivity (Wildman–Crippen MR) is 115 cm³/mol. The summed E-state index contributed by atoms with van der Waals surface area (Å²) in [7, 11) is 6.38. The summed E-state index contributed by atoms with van der Waals surface area (Å²) in [5, 5.41) is 0. The molecule has 2 rings (SSSR count). The number of allylic oxidation sites excluding steroid dienone is 1. The van der Waals surface area contributed by atoms with E-state index in [1.54, 1.807) is 56.6 Å². The highest BCUT2D eigenvalue weighted by Crippen LogP contribution is 2.30. The monoisotopic (exact) mass is 413 g/mol. The largest absolute Gasteiger partial charge is 0.497 e. The van der Waals surface area contributed by atoms with E-state index in [4.69, 9.17) is 18.9 Å². The lowest BCUT2D eigenvalue weighted by atomic mass is 10.1. The molecule has 7 heteroatoms. The maximum atomic E-state index is 12.7. The van der Waals surface area contributed by atoms with Crippen molar-refractivity contribution in [3.05, 3.63) is 53.6 Å². The van der Waals surface area contributed by atoms with Gasteiger partial charge in [0.2, 0.25) is 0 Å². The molecule has 0 spiro atoms. The molecule has 2 aromatic rings. The molecular formula is C23H27NO6. The SMILES string of the molecule is CCOc1cc(/C=C/C(=O)c2cc(OC)ccc2OC)ccc1OCC(=O)N(C)C. The van der Waals surface area contributed by atoms with Gasteiger partial charge in [-0.3, -0.25) is 9.59 Å². The molecule has 0 saturated carbocycles. The first kappa shape index (κ1) is 22.8. The van der Waals surface area contributed by atoms with Crippen molar-refractivity contribution < 1.29 is 28.5 Å². The van der Waals surface area contributed by atoms with Gasteiger partial charge in [-0.05, 0) is 48.9 Å². The fraction of sp³-hybridized carbons (Fsp3) is 0.304. The fourth-order valence-corrected chi connectivity index (χ4v) is 2.55. The Hall–Kier alpha value is -3.48. The number of methoxy groups -OCH3 is 2. The Morgan fingerprint density at radius 2 is 1.67 bits per heavy atom. The zero-order chi connectivity index (χ0) is 22.1. The van der Waals surface area contributed by atoms with E-state index in [-0.39, 0.29) is 18.3 Å². The van der Waals surface area contributed by atoms with Crippen molar-refractivity contribution >= 4 is 17.8 Å². The number of hydrogen-bond donors (Lipinski definition) is 0. The van der Waals surface area contributed by atoms with E-state index in [1.807, 2.05) is 6.92 Å². The number of ether oxygens (including phenoxy) is 4. The van der Waals surface area contributed by atoms with Crippen LogP contribution in [0.15, 0.2) is 42.5 Å². The first-order valence-corrected chi connectivity index (χ1v) is 9.43. The second-order valence-corrected chi connectivity index (χ2v) is 6.48. The molecule has 0 radical (unpaired) electrons. The van der Waals surface area contributed by atoms with Crippen molar-refractivity contribution in [3.63, 3.8) is 0 Å². The summed E-state index contributed by atoms with van der Waals surface area (Å²) < 4.78 is 21.7. The van der Waals surface area contributed by atoms with Gasteiger partial charge in [0, 0.05) is 14.1 Å². The molecule has 0 aromatic heterocycles. The Bertz CT molecular complexity index is 920. The molecule has 0 aliphatic rings. The van der Waals surface area contributed by atoms with Gasteiger partial charge in [-0.15, -0.1) is 0 Å². The smallest absolute Gasteiger partial charge is 0.259 e. The molecule has 0 N–H and O–H groups in total. The van der Waals surface area contributed by atoms with E-state index in [9.17, 15) is 9.59 Å². The molecular weight excluding hydrogens is 386 g/mol. The molecule has 0 aliphatic carbocycles. The van der Waals surface area contributed by atoms with Gasteiger partial charge in [-0.2, -0.15) is 0 Å². The maximum Gasteiger partial charge on any atom is 0.259 e. The van der Waals surface area contributed by atoms with Crippen LogP contribution in [0.2, 0.25) is 0 Å². The summed E-state index contributed by atoms with van der Waals surface area (Å²) in [5.74, 6) is 1.62. The summed E-state index contributed by atoms with van der Waals surface area (Å²) in [5.41, 5.74) is 1.15. The molecule has 7 nitrogen and oxygen atoms in total. The maximum absolute atomic E-state index is 12.7. The highest BCUT2D eigenvalue weighted by molar-refractivity contribution is 6.08. The molecule has 0 unspecified atom stereocenters. The zero-order valence-corrected chi connectivity index (χ0v) is 17.9. The number of ketones is 1. The van der Waals surface area contributed by atoms with E-state index in [0.717, 1.165) is 5.56 Å². The zero-order valence-electron chi connectivity index (χ0n) is 17.9. The quantitative estimate of drug-likeness (QED) is 0.439. The Kier molecular flexibility index (Phi) is 8.29. The number of carbonyl (C=O) groups is 2. The van der Waals surface area contributed by atoms with Crippen LogP contribution in [-0.4, -0.2) is 58.1 Å². The highest BCUT2D eigenvalue weighted by Gasteiger charge is 2.12. The average molecular weight is 413 g/mol. The van der Waals surface area contributed by atoms with Gasteiger partial charge < -0.3 is 23.8 Å². The third kappa shape index (κ3) is 6.01. The Morgan fingerprint density at radius 3 is 2.30 bits per heavy atom. The van der Waals surface area contributed by atoms with Crippen LogP contribution in [0.3, 0.4) is 0 Å². The molecule has 0 atom stereocenters.